The van der Waals surface area contributed by atoms with E-state index in [1.165, 1.54) is 0 Å². The number of hydrogen-bond donors (Lipinski definition) is 2. The second kappa shape index (κ2) is 7.72. The molecule has 3 N–H and O–H groups in total. The lowest BCUT2D eigenvalue weighted by molar-refractivity contribution is 0.0322. The molecule has 6 heteroatoms. The van der Waals surface area contributed by atoms with E-state index >= 15 is 0 Å². The van der Waals surface area contributed by atoms with E-state index in [0.29, 0.717) is 13.0 Å². The fraction of sp³-hybridized carbons (Fsp3) is 0.500. The van der Waals surface area contributed by atoms with E-state index in [1.807, 2.05) is 24.3 Å². The Bertz CT molecular complexity index is 428. The van der Waals surface area contributed by atoms with Gasteiger partial charge in [-0.2, -0.15) is 0 Å². The number of nitrogens with two attached hydrogens (primary N) is 1. The lowest BCUT2D eigenvalue weighted by Gasteiger charge is -2.26. The molecule has 110 valence electrons. The highest BCUT2D eigenvalue weighted by Crippen LogP contribution is 2.12. The van der Waals surface area contributed by atoms with Gasteiger partial charge in [0.05, 0.1) is 13.2 Å². The summed E-state index contributed by atoms with van der Waals surface area (Å²) < 4.78 is 11.0. The first-order valence-electron chi connectivity index (χ1n) is 6.76. The van der Waals surface area contributed by atoms with Crippen LogP contribution in [-0.4, -0.2) is 55.4 Å². The van der Waals surface area contributed by atoms with Crippen LogP contribution in [0.3, 0.4) is 0 Å². The Kier molecular flexibility index (Phi) is 5.64. The quantitative estimate of drug-likeness (QED) is 0.346. The van der Waals surface area contributed by atoms with Gasteiger partial charge in [-0.05, 0) is 17.7 Å². The van der Waals surface area contributed by atoms with Gasteiger partial charge < -0.3 is 20.4 Å². The summed E-state index contributed by atoms with van der Waals surface area (Å²) in [4.78, 5) is 2.33. The summed E-state index contributed by atoms with van der Waals surface area (Å²) in [6, 6.07) is 7.64. The highest BCUT2D eigenvalue weighted by Gasteiger charge is 2.09. The van der Waals surface area contributed by atoms with Crippen LogP contribution >= 0.6 is 0 Å². The van der Waals surface area contributed by atoms with Gasteiger partial charge in [0.1, 0.15) is 18.2 Å². The molecule has 1 aliphatic rings. The van der Waals surface area contributed by atoms with E-state index in [4.69, 9.17) is 20.4 Å². The van der Waals surface area contributed by atoms with Gasteiger partial charge in [-0.3, -0.25) is 4.90 Å². The SMILES string of the molecule is N/C(Cc1ccc(OCCN2CCOCC2)cc1)=N\O. The monoisotopic (exact) mass is 279 g/mol. The molecule has 0 radical (unpaired) electrons. The van der Waals surface area contributed by atoms with Crippen molar-refractivity contribution in [2.24, 2.45) is 10.9 Å². The molecule has 1 aromatic carbocycles. The molecular formula is C14H21N3O3. The van der Waals surface area contributed by atoms with Crippen LogP contribution in [0.2, 0.25) is 0 Å². The second-order valence-corrected chi connectivity index (χ2v) is 4.71. The molecule has 0 atom stereocenters. The predicted molar refractivity (Wildman–Crippen MR) is 76.3 cm³/mol. The molecule has 1 saturated heterocycles. The van der Waals surface area contributed by atoms with Crippen LogP contribution in [0.25, 0.3) is 0 Å². The van der Waals surface area contributed by atoms with E-state index in [2.05, 4.69) is 10.1 Å². The minimum absolute atomic E-state index is 0.200. The van der Waals surface area contributed by atoms with Gasteiger partial charge in [0.25, 0.3) is 0 Å². The summed E-state index contributed by atoms with van der Waals surface area (Å²) >= 11 is 0. The summed E-state index contributed by atoms with van der Waals surface area (Å²) in [5.41, 5.74) is 6.45. The van der Waals surface area contributed by atoms with Crippen molar-refractivity contribution in [2.75, 3.05) is 39.5 Å². The van der Waals surface area contributed by atoms with Gasteiger partial charge in [-0.15, -0.1) is 0 Å². The summed E-state index contributed by atoms with van der Waals surface area (Å²) in [6.45, 7) is 5.14. The number of ether oxygens (including phenoxy) is 2. The van der Waals surface area contributed by atoms with Crippen LogP contribution in [0.4, 0.5) is 0 Å². The van der Waals surface area contributed by atoms with Crippen molar-refractivity contribution in [2.45, 2.75) is 6.42 Å². The van der Waals surface area contributed by atoms with Crippen LogP contribution in [-0.2, 0) is 11.2 Å². The van der Waals surface area contributed by atoms with Gasteiger partial charge >= 0.3 is 0 Å². The Hall–Kier alpha value is -1.79. The lowest BCUT2D eigenvalue weighted by Crippen LogP contribution is -2.38. The molecule has 0 spiro atoms. The molecule has 0 aliphatic carbocycles. The van der Waals surface area contributed by atoms with Crippen LogP contribution in [0.15, 0.2) is 29.4 Å². The Labute approximate surface area is 118 Å². The Morgan fingerprint density at radius 3 is 2.65 bits per heavy atom. The largest absolute Gasteiger partial charge is 0.492 e. The molecule has 0 unspecified atom stereocenters. The molecule has 2 rings (SSSR count). The highest BCUT2D eigenvalue weighted by molar-refractivity contribution is 5.82. The fourth-order valence-electron chi connectivity index (χ4n) is 2.07. The predicted octanol–water partition coefficient (Wildman–Crippen LogP) is 0.687. The molecule has 1 aromatic rings. The molecule has 0 aromatic heterocycles. The van der Waals surface area contributed by atoms with Crippen molar-refractivity contribution < 1.29 is 14.7 Å². The van der Waals surface area contributed by atoms with Gasteiger partial charge in [-0.25, -0.2) is 0 Å². The maximum absolute atomic E-state index is 8.52. The number of oxime groups is 1. The first-order chi connectivity index (χ1) is 9.78. The van der Waals surface area contributed by atoms with Crippen molar-refractivity contribution >= 4 is 5.84 Å². The topological polar surface area (TPSA) is 80.3 Å². The van der Waals surface area contributed by atoms with Gasteiger partial charge in [0.2, 0.25) is 0 Å². The number of rotatable bonds is 6. The maximum Gasteiger partial charge on any atom is 0.143 e. The van der Waals surface area contributed by atoms with Gasteiger partial charge in [-0.1, -0.05) is 17.3 Å². The smallest absolute Gasteiger partial charge is 0.143 e. The first kappa shape index (κ1) is 14.6. The van der Waals surface area contributed by atoms with E-state index in [-0.39, 0.29) is 5.84 Å². The number of hydrogen-bond acceptors (Lipinski definition) is 5. The zero-order chi connectivity index (χ0) is 14.2. The fourth-order valence-corrected chi connectivity index (χ4v) is 2.07. The molecule has 0 amide bonds. The average molecular weight is 279 g/mol. The summed E-state index contributed by atoms with van der Waals surface area (Å²) in [7, 11) is 0. The molecule has 1 fully saturated rings. The molecular weight excluding hydrogens is 258 g/mol. The number of amidine groups is 1. The lowest BCUT2D eigenvalue weighted by atomic mass is 10.1. The van der Waals surface area contributed by atoms with Crippen LogP contribution < -0.4 is 10.5 Å². The maximum atomic E-state index is 8.52. The van der Waals surface area contributed by atoms with Crippen LogP contribution in [0, 0.1) is 0 Å². The van der Waals surface area contributed by atoms with E-state index in [1.54, 1.807) is 0 Å². The molecule has 6 nitrogen and oxygen atoms in total. The Morgan fingerprint density at radius 2 is 2.00 bits per heavy atom. The number of morpholine rings is 1. The van der Waals surface area contributed by atoms with Crippen LogP contribution in [0.5, 0.6) is 5.75 Å². The molecule has 0 saturated carbocycles. The van der Waals surface area contributed by atoms with E-state index < -0.39 is 0 Å². The first-order valence-corrected chi connectivity index (χ1v) is 6.76. The minimum atomic E-state index is 0.200. The van der Waals surface area contributed by atoms with Crippen molar-refractivity contribution in [3.8, 4) is 5.75 Å². The van der Waals surface area contributed by atoms with Crippen LogP contribution in [0.1, 0.15) is 5.56 Å². The summed E-state index contributed by atoms with van der Waals surface area (Å²) in [6.07, 6.45) is 0.435. The van der Waals surface area contributed by atoms with Crippen molar-refractivity contribution in [3.63, 3.8) is 0 Å². The van der Waals surface area contributed by atoms with Gasteiger partial charge in [0.15, 0.2) is 0 Å². The third kappa shape index (κ3) is 4.71. The zero-order valence-corrected chi connectivity index (χ0v) is 11.5. The molecule has 1 heterocycles. The standard InChI is InChI=1S/C14H21N3O3/c15-14(16-18)11-12-1-3-13(4-2-12)20-10-7-17-5-8-19-9-6-17/h1-4,18H,5-11H2,(H2,15,16). The van der Waals surface area contributed by atoms with Crippen molar-refractivity contribution in [1.29, 1.82) is 0 Å². The second-order valence-electron chi connectivity index (χ2n) is 4.71. The number of nitrogens with zero attached hydrogens (tertiary/aromatic N) is 2. The Morgan fingerprint density at radius 1 is 1.30 bits per heavy atom. The van der Waals surface area contributed by atoms with E-state index in [9.17, 15) is 0 Å². The molecule has 1 aliphatic heterocycles. The third-order valence-electron chi connectivity index (χ3n) is 3.22. The summed E-state index contributed by atoms with van der Waals surface area (Å²) in [5, 5.41) is 11.5. The number of benzene rings is 1. The molecule has 0 bridgehead atoms. The molecule has 20 heavy (non-hydrogen) atoms. The third-order valence-corrected chi connectivity index (χ3v) is 3.22. The summed E-state index contributed by atoms with van der Waals surface area (Å²) in [5.74, 6) is 1.03. The van der Waals surface area contributed by atoms with Crippen molar-refractivity contribution in [3.05, 3.63) is 29.8 Å². The minimum Gasteiger partial charge on any atom is -0.492 e. The highest BCUT2D eigenvalue weighted by atomic mass is 16.5. The normalized spacial score (nSPS) is 17.1. The average Bonchev–Trinajstić information content (AvgIpc) is 2.50. The zero-order valence-electron chi connectivity index (χ0n) is 11.5. The van der Waals surface area contributed by atoms with E-state index in [0.717, 1.165) is 44.2 Å². The Balaban J connectivity index is 1.73. The van der Waals surface area contributed by atoms with Gasteiger partial charge in [0, 0.05) is 26.1 Å². The van der Waals surface area contributed by atoms with Crippen molar-refractivity contribution in [1.82, 2.24) is 4.90 Å².